The van der Waals surface area contributed by atoms with Gasteiger partial charge in [-0.25, -0.2) is 0 Å². The molecular weight excluding hydrogens is 573 g/mol. The maximum Gasteiger partial charge on any atom is 0.192 e. The Balaban J connectivity index is 1.67. The number of hydrogen-bond acceptors (Lipinski definition) is 3. The van der Waals surface area contributed by atoms with Gasteiger partial charge in [0.25, 0.3) is 0 Å². The second-order valence-corrected chi connectivity index (χ2v) is 29.3. The lowest BCUT2D eigenvalue weighted by Crippen LogP contribution is -2.58. The van der Waals surface area contributed by atoms with Gasteiger partial charge in [-0.1, -0.05) is 99.5 Å². The van der Waals surface area contributed by atoms with Crippen molar-refractivity contribution in [1.29, 1.82) is 0 Å². The van der Waals surface area contributed by atoms with Gasteiger partial charge < -0.3 is 14.0 Å². The molecule has 0 radical (unpaired) electrons. The summed E-state index contributed by atoms with van der Waals surface area (Å²) in [5.74, 6) is 3.03. The first-order valence-electron chi connectivity index (χ1n) is 18.4. The standard InChI is InChI=1S/C39H72O3Si2/c1-26(2)22-29(40)23-27(3)32-18-19-33-31-17-16-28-24-30(41-43(12,13)36(4,5)6)25-35(42-44(14,15)37(7,8)9)39(28,11)34(31)20-21-38(32,33)10/h16-17,26-27,29-30,32-35,40H,18-25H2,1-15H3/t27-,29?,30-,32-,33+,34+,35+,38-,39+/m1/s1. The molecule has 254 valence electrons. The van der Waals surface area contributed by atoms with Crippen LogP contribution in [0.15, 0.2) is 23.3 Å². The van der Waals surface area contributed by atoms with Gasteiger partial charge in [-0.05, 0) is 123 Å². The van der Waals surface area contributed by atoms with E-state index in [1.807, 2.05) is 0 Å². The molecule has 0 amide bonds. The zero-order valence-corrected chi connectivity index (χ0v) is 33.7. The molecule has 0 aromatic rings. The first kappa shape index (κ1) is 36.6. The highest BCUT2D eigenvalue weighted by Crippen LogP contribution is 2.67. The van der Waals surface area contributed by atoms with Crippen LogP contribution in [-0.4, -0.2) is 40.1 Å². The Morgan fingerprint density at radius 3 is 2.00 bits per heavy atom. The highest BCUT2D eigenvalue weighted by Gasteiger charge is 2.60. The fourth-order valence-electron chi connectivity index (χ4n) is 9.60. The van der Waals surface area contributed by atoms with Crippen LogP contribution in [0.4, 0.5) is 0 Å². The minimum atomic E-state index is -2.01. The van der Waals surface area contributed by atoms with E-state index >= 15 is 0 Å². The molecule has 0 spiro atoms. The lowest BCUT2D eigenvalue weighted by Gasteiger charge is -2.59. The number of aliphatic hydroxyl groups excluding tert-OH is 1. The molecule has 4 aliphatic carbocycles. The highest BCUT2D eigenvalue weighted by atomic mass is 28.4. The lowest BCUT2D eigenvalue weighted by molar-refractivity contribution is -0.0459. The molecule has 1 unspecified atom stereocenters. The maximum atomic E-state index is 10.9. The first-order valence-corrected chi connectivity index (χ1v) is 24.2. The molecule has 0 aliphatic heterocycles. The summed E-state index contributed by atoms with van der Waals surface area (Å²) in [6.07, 6.45) is 14.5. The van der Waals surface area contributed by atoms with Gasteiger partial charge in [0.05, 0.1) is 18.3 Å². The van der Waals surface area contributed by atoms with Crippen LogP contribution >= 0.6 is 0 Å². The minimum absolute atomic E-state index is 0.0331. The van der Waals surface area contributed by atoms with Crippen molar-refractivity contribution in [2.75, 3.05) is 0 Å². The molecule has 4 rings (SSSR count). The molecule has 4 aliphatic rings. The smallest absolute Gasteiger partial charge is 0.192 e. The Bertz CT molecular complexity index is 1090. The average Bonchev–Trinajstić information content (AvgIpc) is 3.20. The second kappa shape index (κ2) is 12.4. The van der Waals surface area contributed by atoms with Crippen LogP contribution in [0.25, 0.3) is 0 Å². The Kier molecular flexibility index (Phi) is 10.3. The van der Waals surface area contributed by atoms with Crippen molar-refractivity contribution < 1.29 is 14.0 Å². The molecule has 44 heavy (non-hydrogen) atoms. The summed E-state index contributed by atoms with van der Waals surface area (Å²) in [5, 5.41) is 11.2. The monoisotopic (exact) mass is 645 g/mol. The van der Waals surface area contributed by atoms with Crippen LogP contribution in [0.2, 0.25) is 36.3 Å². The number of allylic oxidation sites excluding steroid dienone is 3. The fourth-order valence-corrected chi connectivity index (χ4v) is 12.4. The molecule has 0 saturated heterocycles. The number of hydrogen-bond donors (Lipinski definition) is 1. The predicted molar refractivity (Wildman–Crippen MR) is 194 cm³/mol. The average molecular weight is 645 g/mol. The minimum Gasteiger partial charge on any atom is -0.414 e. The fraction of sp³-hybridized carbons (Fsp3) is 0.897. The third kappa shape index (κ3) is 6.71. The molecule has 0 heterocycles. The van der Waals surface area contributed by atoms with Crippen LogP contribution in [-0.2, 0) is 8.85 Å². The number of fused-ring (bicyclic) bond motifs is 5. The van der Waals surface area contributed by atoms with Gasteiger partial charge in [0.15, 0.2) is 16.6 Å². The van der Waals surface area contributed by atoms with Gasteiger partial charge in [0.1, 0.15) is 0 Å². The Morgan fingerprint density at radius 2 is 1.43 bits per heavy atom. The quantitative estimate of drug-likeness (QED) is 0.254. The Labute approximate surface area is 275 Å². The third-order valence-electron chi connectivity index (χ3n) is 14.3. The summed E-state index contributed by atoms with van der Waals surface area (Å²) in [6.45, 7) is 36.1. The normalized spacial score (nSPS) is 36.2. The largest absolute Gasteiger partial charge is 0.414 e. The van der Waals surface area contributed by atoms with Crippen LogP contribution < -0.4 is 0 Å². The van der Waals surface area contributed by atoms with Gasteiger partial charge in [0, 0.05) is 5.41 Å². The van der Waals surface area contributed by atoms with Crippen LogP contribution in [0, 0.1) is 40.4 Å². The first-order chi connectivity index (χ1) is 19.9. The number of rotatable bonds is 9. The highest BCUT2D eigenvalue weighted by molar-refractivity contribution is 6.74. The van der Waals surface area contributed by atoms with Crippen LogP contribution in [0.3, 0.4) is 0 Å². The van der Waals surface area contributed by atoms with E-state index in [0.29, 0.717) is 35.0 Å². The van der Waals surface area contributed by atoms with Gasteiger partial charge in [-0.3, -0.25) is 0 Å². The van der Waals surface area contributed by atoms with Crippen LogP contribution in [0.1, 0.15) is 128 Å². The van der Waals surface area contributed by atoms with Crippen molar-refractivity contribution in [2.45, 2.75) is 182 Å². The van der Waals surface area contributed by atoms with E-state index in [9.17, 15) is 5.11 Å². The zero-order chi connectivity index (χ0) is 33.3. The molecule has 3 fully saturated rings. The zero-order valence-electron chi connectivity index (χ0n) is 31.7. The van der Waals surface area contributed by atoms with E-state index in [2.05, 4.69) is 115 Å². The van der Waals surface area contributed by atoms with E-state index in [1.165, 1.54) is 25.7 Å². The number of aliphatic hydroxyl groups is 1. The van der Waals surface area contributed by atoms with Gasteiger partial charge >= 0.3 is 0 Å². The van der Waals surface area contributed by atoms with Crippen molar-refractivity contribution in [1.82, 2.24) is 0 Å². The molecule has 3 nitrogen and oxygen atoms in total. The van der Waals surface area contributed by atoms with E-state index in [4.69, 9.17) is 8.85 Å². The molecule has 0 aromatic carbocycles. The molecule has 5 heteroatoms. The predicted octanol–water partition coefficient (Wildman–Crippen LogP) is 11.3. The van der Waals surface area contributed by atoms with E-state index < -0.39 is 16.6 Å². The molecular formula is C39H72O3Si2. The van der Waals surface area contributed by atoms with Crippen molar-refractivity contribution >= 4 is 16.6 Å². The summed E-state index contributed by atoms with van der Waals surface area (Å²) in [4.78, 5) is 0. The van der Waals surface area contributed by atoms with Crippen molar-refractivity contribution in [3.05, 3.63) is 23.3 Å². The molecule has 1 N–H and O–H groups in total. The second-order valence-electron chi connectivity index (χ2n) is 19.8. The van der Waals surface area contributed by atoms with Gasteiger partial charge in [0.2, 0.25) is 0 Å². The van der Waals surface area contributed by atoms with E-state index in [1.54, 1.807) is 11.1 Å². The molecule has 0 bridgehead atoms. The molecule has 9 atom stereocenters. The third-order valence-corrected chi connectivity index (χ3v) is 23.3. The topological polar surface area (TPSA) is 38.7 Å². The Hall–Kier alpha value is -0.206. The SMILES string of the molecule is CC(C)CC(O)C[C@@H](C)[C@H]1CC[C@H]2C3=CC=C4C[C@@H](O[Si](C)(C)C(C)(C)C)C[C@H](O[Si](C)(C)C(C)(C)C)[C@]4(C)[C@H]3CC[C@]12C. The van der Waals surface area contributed by atoms with Gasteiger partial charge in [-0.15, -0.1) is 0 Å². The lowest BCUT2D eigenvalue weighted by atomic mass is 9.49. The summed E-state index contributed by atoms with van der Waals surface area (Å²) < 4.78 is 14.7. The van der Waals surface area contributed by atoms with E-state index in [-0.39, 0.29) is 33.8 Å². The summed E-state index contributed by atoms with van der Waals surface area (Å²) in [6, 6.07) is 0. The van der Waals surface area contributed by atoms with Crippen LogP contribution in [0.5, 0.6) is 0 Å². The molecule has 0 aromatic heterocycles. The Morgan fingerprint density at radius 1 is 0.841 bits per heavy atom. The van der Waals surface area contributed by atoms with E-state index in [0.717, 1.165) is 25.7 Å². The van der Waals surface area contributed by atoms with Crippen molar-refractivity contribution in [2.24, 2.45) is 40.4 Å². The van der Waals surface area contributed by atoms with Gasteiger partial charge in [-0.2, -0.15) is 0 Å². The maximum absolute atomic E-state index is 10.9. The summed E-state index contributed by atoms with van der Waals surface area (Å²) in [5.41, 5.74) is 3.69. The van der Waals surface area contributed by atoms with Crippen molar-refractivity contribution in [3.63, 3.8) is 0 Å². The van der Waals surface area contributed by atoms with Crippen molar-refractivity contribution in [3.8, 4) is 0 Å². The summed E-state index contributed by atoms with van der Waals surface area (Å²) >= 11 is 0. The molecule has 3 saturated carbocycles. The summed E-state index contributed by atoms with van der Waals surface area (Å²) in [7, 11) is -3.91.